The van der Waals surface area contributed by atoms with Gasteiger partial charge in [0.05, 0.1) is 5.69 Å². The van der Waals surface area contributed by atoms with Gasteiger partial charge in [-0.05, 0) is 12.0 Å². The Morgan fingerprint density at radius 3 is 2.09 bits per heavy atom. The average Bonchev–Trinajstić information content (AvgIpc) is 2.40. The molecule has 0 atom stereocenters. The molecule has 0 spiro atoms. The van der Waals surface area contributed by atoms with Crippen LogP contribution in [-0.2, 0) is 7.05 Å². The third-order valence-electron chi connectivity index (χ3n) is 1.33. The highest BCUT2D eigenvalue weighted by Gasteiger charge is 1.99. The van der Waals surface area contributed by atoms with Crippen molar-refractivity contribution in [3.63, 3.8) is 0 Å². The van der Waals surface area contributed by atoms with Crippen LogP contribution < -0.4 is 0 Å². The van der Waals surface area contributed by atoms with Gasteiger partial charge in [0.15, 0.2) is 0 Å². The zero-order valence-electron chi connectivity index (χ0n) is 8.13. The van der Waals surface area contributed by atoms with E-state index in [1.54, 1.807) is 0 Å². The molecule has 0 amide bonds. The molecule has 2 heteroatoms. The van der Waals surface area contributed by atoms with Crippen LogP contribution in [0, 0.1) is 0 Å². The Morgan fingerprint density at radius 1 is 1.36 bits per heavy atom. The second-order valence-corrected chi connectivity index (χ2v) is 2.57. The van der Waals surface area contributed by atoms with E-state index in [4.69, 9.17) is 0 Å². The maximum absolute atomic E-state index is 4.23. The van der Waals surface area contributed by atoms with Crippen molar-refractivity contribution >= 4 is 0 Å². The van der Waals surface area contributed by atoms with Crippen molar-refractivity contribution in [2.45, 2.75) is 33.6 Å². The first-order valence-electron chi connectivity index (χ1n) is 4.19. The highest BCUT2D eigenvalue weighted by atomic mass is 15.2. The van der Waals surface area contributed by atoms with Crippen LogP contribution in [0.25, 0.3) is 0 Å². The minimum atomic E-state index is 0.547. The van der Waals surface area contributed by atoms with Gasteiger partial charge in [0.25, 0.3) is 0 Å². The van der Waals surface area contributed by atoms with Gasteiger partial charge in [-0.1, -0.05) is 27.7 Å². The summed E-state index contributed by atoms with van der Waals surface area (Å²) in [6, 6.07) is 2.05. The predicted octanol–water partition coefficient (Wildman–Crippen LogP) is 2.57. The normalized spacial score (nSPS) is 9.27. The number of nitrogens with zero attached hydrogens (tertiary/aromatic N) is 2. The number of rotatable bonds is 1. The van der Waals surface area contributed by atoms with E-state index < -0.39 is 0 Å². The molecule has 0 unspecified atom stereocenters. The van der Waals surface area contributed by atoms with E-state index in [1.165, 1.54) is 0 Å². The third kappa shape index (κ3) is 3.21. The Hall–Kier alpha value is -0.790. The van der Waals surface area contributed by atoms with Crippen LogP contribution in [0.2, 0.25) is 0 Å². The van der Waals surface area contributed by atoms with Gasteiger partial charge in [0.1, 0.15) is 0 Å². The van der Waals surface area contributed by atoms with Crippen LogP contribution in [0.1, 0.15) is 39.3 Å². The lowest BCUT2D eigenvalue weighted by Crippen LogP contribution is -1.92. The van der Waals surface area contributed by atoms with Crippen molar-refractivity contribution in [1.82, 2.24) is 9.78 Å². The van der Waals surface area contributed by atoms with Gasteiger partial charge in [0.2, 0.25) is 0 Å². The molecule has 64 valence electrons. The number of aryl methyl sites for hydroxylation is 1. The van der Waals surface area contributed by atoms with Crippen molar-refractivity contribution < 1.29 is 0 Å². The molecule has 1 heterocycles. The van der Waals surface area contributed by atoms with Crippen LogP contribution in [0.3, 0.4) is 0 Å². The summed E-state index contributed by atoms with van der Waals surface area (Å²) in [6.07, 6.45) is 1.97. The first-order valence-corrected chi connectivity index (χ1v) is 4.19. The molecule has 0 aliphatic carbocycles. The zero-order chi connectivity index (χ0) is 8.85. The molecule has 0 aliphatic rings. The maximum atomic E-state index is 4.23. The van der Waals surface area contributed by atoms with Crippen molar-refractivity contribution in [3.05, 3.63) is 18.0 Å². The van der Waals surface area contributed by atoms with Crippen LogP contribution in [0.4, 0.5) is 0 Å². The topological polar surface area (TPSA) is 17.8 Å². The monoisotopic (exact) mass is 154 g/mol. The SMILES string of the molecule is CC.CC(C)c1ccn(C)n1. The molecular weight excluding hydrogens is 136 g/mol. The molecule has 0 aliphatic heterocycles. The van der Waals surface area contributed by atoms with E-state index in [-0.39, 0.29) is 0 Å². The molecule has 0 bridgehead atoms. The molecule has 11 heavy (non-hydrogen) atoms. The molecule has 1 aromatic rings. The van der Waals surface area contributed by atoms with Crippen LogP contribution in [-0.4, -0.2) is 9.78 Å². The first kappa shape index (κ1) is 10.2. The summed E-state index contributed by atoms with van der Waals surface area (Å²) in [7, 11) is 1.94. The molecular formula is C9H18N2. The van der Waals surface area contributed by atoms with E-state index >= 15 is 0 Å². The molecule has 0 saturated carbocycles. The predicted molar refractivity (Wildman–Crippen MR) is 48.6 cm³/mol. The lowest BCUT2D eigenvalue weighted by Gasteiger charge is -1.95. The summed E-state index contributed by atoms with van der Waals surface area (Å²) >= 11 is 0. The lowest BCUT2D eigenvalue weighted by atomic mass is 10.1. The van der Waals surface area contributed by atoms with E-state index in [0.29, 0.717) is 5.92 Å². The smallest absolute Gasteiger partial charge is 0.0649 e. The molecule has 0 N–H and O–H groups in total. The maximum Gasteiger partial charge on any atom is 0.0649 e. The number of aromatic nitrogens is 2. The lowest BCUT2D eigenvalue weighted by molar-refractivity contribution is 0.713. The minimum absolute atomic E-state index is 0.547. The van der Waals surface area contributed by atoms with Crippen LogP contribution >= 0.6 is 0 Å². The largest absolute Gasteiger partial charge is 0.276 e. The molecule has 1 rings (SSSR count). The van der Waals surface area contributed by atoms with Crippen molar-refractivity contribution in [2.24, 2.45) is 7.05 Å². The second kappa shape index (κ2) is 4.94. The summed E-state index contributed by atoms with van der Waals surface area (Å²) in [5.74, 6) is 0.547. The fourth-order valence-electron chi connectivity index (χ4n) is 0.741. The fraction of sp³-hybridized carbons (Fsp3) is 0.667. The highest BCUT2D eigenvalue weighted by molar-refractivity contribution is 5.03. The second-order valence-electron chi connectivity index (χ2n) is 2.57. The average molecular weight is 154 g/mol. The van der Waals surface area contributed by atoms with Gasteiger partial charge in [-0.3, -0.25) is 4.68 Å². The summed E-state index contributed by atoms with van der Waals surface area (Å²) in [4.78, 5) is 0. The highest BCUT2D eigenvalue weighted by Crippen LogP contribution is 2.08. The van der Waals surface area contributed by atoms with Crippen molar-refractivity contribution in [3.8, 4) is 0 Å². The first-order chi connectivity index (χ1) is 5.20. The quantitative estimate of drug-likeness (QED) is 0.608. The Bertz CT molecular complexity index is 189. The summed E-state index contributed by atoms with van der Waals surface area (Å²) in [5, 5.41) is 4.23. The molecule has 1 aromatic heterocycles. The van der Waals surface area contributed by atoms with Gasteiger partial charge in [0, 0.05) is 13.2 Å². The molecule has 0 saturated heterocycles. The minimum Gasteiger partial charge on any atom is -0.276 e. The molecule has 0 aromatic carbocycles. The standard InChI is InChI=1S/C7H12N2.C2H6/c1-6(2)7-4-5-9(3)8-7;1-2/h4-6H,1-3H3;1-2H3. The van der Waals surface area contributed by atoms with E-state index in [9.17, 15) is 0 Å². The van der Waals surface area contributed by atoms with Gasteiger partial charge >= 0.3 is 0 Å². The Balaban J connectivity index is 0.000000461. The van der Waals surface area contributed by atoms with E-state index in [1.807, 2.05) is 37.8 Å². The summed E-state index contributed by atoms with van der Waals surface area (Å²) in [6.45, 7) is 8.28. The Labute approximate surface area is 69.2 Å². The fourth-order valence-corrected chi connectivity index (χ4v) is 0.741. The van der Waals surface area contributed by atoms with Crippen LogP contribution in [0.5, 0.6) is 0 Å². The third-order valence-corrected chi connectivity index (χ3v) is 1.33. The summed E-state index contributed by atoms with van der Waals surface area (Å²) in [5.41, 5.74) is 1.16. The zero-order valence-corrected chi connectivity index (χ0v) is 8.13. The van der Waals surface area contributed by atoms with E-state index in [2.05, 4.69) is 18.9 Å². The Morgan fingerprint density at radius 2 is 1.91 bits per heavy atom. The number of hydrogen-bond acceptors (Lipinski definition) is 1. The summed E-state index contributed by atoms with van der Waals surface area (Å²) < 4.78 is 1.83. The van der Waals surface area contributed by atoms with Gasteiger partial charge in [-0.15, -0.1) is 0 Å². The molecule has 2 nitrogen and oxygen atoms in total. The van der Waals surface area contributed by atoms with Crippen molar-refractivity contribution in [1.29, 1.82) is 0 Å². The van der Waals surface area contributed by atoms with Gasteiger partial charge in [-0.25, -0.2) is 0 Å². The van der Waals surface area contributed by atoms with Crippen LogP contribution in [0.15, 0.2) is 12.3 Å². The van der Waals surface area contributed by atoms with Gasteiger partial charge < -0.3 is 0 Å². The van der Waals surface area contributed by atoms with Crippen molar-refractivity contribution in [2.75, 3.05) is 0 Å². The van der Waals surface area contributed by atoms with Gasteiger partial charge in [-0.2, -0.15) is 5.10 Å². The number of hydrogen-bond donors (Lipinski definition) is 0. The Kier molecular flexibility index (Phi) is 4.59. The molecule has 0 radical (unpaired) electrons. The molecule has 0 fully saturated rings. The van der Waals surface area contributed by atoms with E-state index in [0.717, 1.165) is 5.69 Å².